The molecule has 0 saturated carbocycles. The van der Waals surface area contributed by atoms with Gasteiger partial charge in [0.1, 0.15) is 23.9 Å². The van der Waals surface area contributed by atoms with Crippen molar-refractivity contribution in [2.45, 2.75) is 19.4 Å². The second kappa shape index (κ2) is 14.5. The summed E-state index contributed by atoms with van der Waals surface area (Å²) in [6.45, 7) is 2.76. The van der Waals surface area contributed by atoms with Crippen LogP contribution in [0.2, 0.25) is 0 Å². The van der Waals surface area contributed by atoms with E-state index in [2.05, 4.69) is 5.32 Å². The number of methoxy groups -OCH3 is 2. The molecule has 244 valence electrons. The number of amides is 3. The van der Waals surface area contributed by atoms with Crippen LogP contribution in [-0.2, 0) is 4.74 Å². The van der Waals surface area contributed by atoms with Crippen LogP contribution in [0.4, 0.5) is 25.4 Å². The van der Waals surface area contributed by atoms with Crippen LogP contribution in [0, 0.1) is 17.1 Å². The molecule has 14 heteroatoms. The lowest BCUT2D eigenvalue weighted by Crippen LogP contribution is -2.57. The monoisotopic (exact) mass is 643 g/mol. The van der Waals surface area contributed by atoms with E-state index >= 15 is 0 Å². The van der Waals surface area contributed by atoms with E-state index in [1.807, 2.05) is 6.07 Å². The fourth-order valence-electron chi connectivity index (χ4n) is 5.35. The largest absolute Gasteiger partial charge is 0.497 e. The molecule has 5 rings (SSSR count). The van der Waals surface area contributed by atoms with Crippen molar-refractivity contribution >= 4 is 34.4 Å². The number of carbonyl (C=O) groups is 2. The molecule has 0 radical (unpaired) electrons. The molecule has 4 aromatic rings. The van der Waals surface area contributed by atoms with Crippen LogP contribution >= 0.6 is 0 Å². The number of ether oxygens (including phenoxy) is 3. The van der Waals surface area contributed by atoms with Gasteiger partial charge in [-0.3, -0.25) is 9.69 Å². The predicted octanol–water partition coefficient (Wildman–Crippen LogP) is 4.66. The van der Waals surface area contributed by atoms with E-state index < -0.39 is 24.0 Å². The van der Waals surface area contributed by atoms with Crippen LogP contribution < -0.4 is 30.3 Å². The van der Waals surface area contributed by atoms with Crippen molar-refractivity contribution in [2.24, 2.45) is 0 Å². The van der Waals surface area contributed by atoms with E-state index in [1.54, 1.807) is 54.4 Å². The number of hydrogen-bond acceptors (Lipinski definition) is 9. The minimum atomic E-state index is -0.871. The zero-order chi connectivity index (χ0) is 33.5. The first kappa shape index (κ1) is 32.6. The van der Waals surface area contributed by atoms with Crippen LogP contribution in [0.25, 0.3) is 10.9 Å². The van der Waals surface area contributed by atoms with Crippen LogP contribution in [0.3, 0.4) is 0 Å². The molecule has 0 spiro atoms. The van der Waals surface area contributed by atoms with Gasteiger partial charge >= 0.3 is 12.1 Å². The van der Waals surface area contributed by atoms with Crippen molar-refractivity contribution in [3.8, 4) is 17.6 Å². The molecule has 3 aromatic carbocycles. The highest BCUT2D eigenvalue weighted by molar-refractivity contribution is 6.03. The van der Waals surface area contributed by atoms with Gasteiger partial charge in [-0.1, -0.05) is 12.1 Å². The van der Waals surface area contributed by atoms with Crippen molar-refractivity contribution in [2.75, 3.05) is 62.2 Å². The number of benzene rings is 3. The first-order valence-corrected chi connectivity index (χ1v) is 14.9. The minimum absolute atomic E-state index is 0.00406. The Balaban J connectivity index is 1.58. The summed E-state index contributed by atoms with van der Waals surface area (Å²) in [6.07, 6.45) is -0.442. The first-order valence-electron chi connectivity index (χ1n) is 14.9. The highest BCUT2D eigenvalue weighted by Crippen LogP contribution is 2.37. The number of nitrogens with one attached hydrogen (secondary N) is 1. The molecule has 0 aliphatic carbocycles. The van der Waals surface area contributed by atoms with E-state index in [1.165, 1.54) is 53.0 Å². The molecule has 2 heterocycles. The van der Waals surface area contributed by atoms with E-state index in [0.29, 0.717) is 33.8 Å². The Morgan fingerprint density at radius 2 is 1.77 bits per heavy atom. The maximum atomic E-state index is 14.2. The van der Waals surface area contributed by atoms with Gasteiger partial charge in [0.25, 0.3) is 5.56 Å². The molecule has 1 aliphatic rings. The molecular formula is C33H34FN7O6. The zero-order valence-corrected chi connectivity index (χ0v) is 26.2. The van der Waals surface area contributed by atoms with E-state index in [0.717, 1.165) is 0 Å². The van der Waals surface area contributed by atoms with Crippen LogP contribution in [0.1, 0.15) is 25.2 Å². The lowest BCUT2D eigenvalue weighted by molar-refractivity contribution is 0.0997. The standard InChI is InChI=1S/C33H34FN7O6/c1-22(40(28-14-13-25(45-2)21-29(28)46-3)32(43)36-24-11-9-23(34)10-12-24)30-37-27-8-5-4-7-26(27)31(42)41(30)39-18-16-38(17-19-39)33(44)47-20-6-15-35/h4-5,7-14,21-22H,6,16-20H2,1-3H3,(H,36,43). The fourth-order valence-corrected chi connectivity index (χ4v) is 5.35. The molecule has 47 heavy (non-hydrogen) atoms. The number of urea groups is 1. The van der Waals surface area contributed by atoms with Crippen LogP contribution in [0.5, 0.6) is 11.5 Å². The molecule has 1 unspecified atom stereocenters. The quantitative estimate of drug-likeness (QED) is 0.258. The normalized spacial score (nSPS) is 13.4. The Kier molecular flexibility index (Phi) is 10.0. The number of halogens is 1. The third-order valence-electron chi connectivity index (χ3n) is 7.74. The van der Waals surface area contributed by atoms with Crippen molar-refractivity contribution in [1.29, 1.82) is 5.26 Å². The number of piperazine rings is 1. The van der Waals surface area contributed by atoms with E-state index in [9.17, 15) is 18.8 Å². The molecule has 1 atom stereocenters. The molecule has 1 saturated heterocycles. The fraction of sp³-hybridized carbons (Fsp3) is 0.303. The van der Waals surface area contributed by atoms with Gasteiger partial charge < -0.3 is 29.4 Å². The second-order valence-corrected chi connectivity index (χ2v) is 10.6. The number of rotatable bonds is 9. The van der Waals surface area contributed by atoms with Crippen molar-refractivity contribution in [1.82, 2.24) is 14.6 Å². The predicted molar refractivity (Wildman–Crippen MR) is 173 cm³/mol. The van der Waals surface area contributed by atoms with Gasteiger partial charge in [-0.05, 0) is 55.5 Å². The summed E-state index contributed by atoms with van der Waals surface area (Å²) >= 11 is 0. The number of para-hydroxylation sites is 1. The Morgan fingerprint density at radius 1 is 1.04 bits per heavy atom. The third-order valence-corrected chi connectivity index (χ3v) is 7.74. The van der Waals surface area contributed by atoms with Gasteiger partial charge in [0.15, 0.2) is 5.82 Å². The molecule has 1 N–H and O–H groups in total. The second-order valence-electron chi connectivity index (χ2n) is 10.6. The average molecular weight is 644 g/mol. The van der Waals surface area contributed by atoms with Gasteiger partial charge in [0, 0.05) is 24.8 Å². The maximum Gasteiger partial charge on any atom is 0.409 e. The van der Waals surface area contributed by atoms with Gasteiger partial charge in [-0.2, -0.15) is 5.26 Å². The SMILES string of the molecule is COc1ccc(N(C(=O)Nc2ccc(F)cc2)C(C)c2nc3ccccc3c(=O)n2N2CCN(C(=O)OCCC#N)CC2)c(OC)c1. The Morgan fingerprint density at radius 3 is 2.45 bits per heavy atom. The van der Waals surface area contributed by atoms with Crippen molar-refractivity contribution < 1.29 is 28.2 Å². The van der Waals surface area contributed by atoms with Crippen molar-refractivity contribution in [3.05, 3.63) is 88.7 Å². The lowest BCUT2D eigenvalue weighted by atomic mass is 10.1. The number of aromatic nitrogens is 2. The molecule has 3 amide bonds. The maximum absolute atomic E-state index is 14.2. The summed E-state index contributed by atoms with van der Waals surface area (Å²) in [4.78, 5) is 48.6. The van der Waals surface area contributed by atoms with Crippen LogP contribution in [0.15, 0.2) is 71.5 Å². The van der Waals surface area contributed by atoms with Gasteiger partial charge in [-0.25, -0.2) is 23.6 Å². The molecule has 13 nitrogen and oxygen atoms in total. The number of carbonyl (C=O) groups excluding carboxylic acids is 2. The smallest absolute Gasteiger partial charge is 0.409 e. The highest BCUT2D eigenvalue weighted by atomic mass is 19.1. The molecular weight excluding hydrogens is 609 g/mol. The van der Waals surface area contributed by atoms with E-state index in [-0.39, 0.29) is 50.6 Å². The zero-order valence-electron chi connectivity index (χ0n) is 26.2. The summed E-state index contributed by atoms with van der Waals surface area (Å²) < 4.78 is 31.3. The van der Waals surface area contributed by atoms with Gasteiger partial charge in [-0.15, -0.1) is 0 Å². The number of fused-ring (bicyclic) bond motifs is 1. The summed E-state index contributed by atoms with van der Waals surface area (Å²) in [5.74, 6) is 0.626. The van der Waals surface area contributed by atoms with Crippen molar-refractivity contribution in [3.63, 3.8) is 0 Å². The number of nitriles is 1. The molecule has 1 aliphatic heterocycles. The van der Waals surface area contributed by atoms with Crippen LogP contribution in [-0.4, -0.2) is 73.7 Å². The summed E-state index contributed by atoms with van der Waals surface area (Å²) in [6, 6.07) is 17.7. The number of anilines is 2. The van der Waals surface area contributed by atoms with Gasteiger partial charge in [0.2, 0.25) is 0 Å². The summed E-state index contributed by atoms with van der Waals surface area (Å²) in [5.41, 5.74) is 0.806. The lowest BCUT2D eigenvalue weighted by Gasteiger charge is -2.38. The highest BCUT2D eigenvalue weighted by Gasteiger charge is 2.33. The third kappa shape index (κ3) is 7.04. The first-order chi connectivity index (χ1) is 22.7. The minimum Gasteiger partial charge on any atom is -0.497 e. The Hall–Kier alpha value is -5.84. The number of nitrogens with zero attached hydrogens (tertiary/aromatic N) is 6. The molecule has 0 bridgehead atoms. The van der Waals surface area contributed by atoms with Gasteiger partial charge in [0.05, 0.1) is 62.4 Å². The number of hydrogen-bond donors (Lipinski definition) is 1. The van der Waals surface area contributed by atoms with E-state index in [4.69, 9.17) is 24.5 Å². The summed E-state index contributed by atoms with van der Waals surface area (Å²) in [5, 5.41) is 13.7. The topological polar surface area (TPSA) is 142 Å². The average Bonchev–Trinajstić information content (AvgIpc) is 3.09. The molecule has 1 fully saturated rings. The Bertz CT molecular complexity index is 1850. The molecule has 1 aromatic heterocycles. The summed E-state index contributed by atoms with van der Waals surface area (Å²) in [7, 11) is 2.98. The Labute approximate surface area is 270 Å².